The van der Waals surface area contributed by atoms with Crippen molar-refractivity contribution in [2.24, 2.45) is 7.05 Å². The molecule has 0 N–H and O–H groups in total. The summed E-state index contributed by atoms with van der Waals surface area (Å²) in [6.07, 6.45) is 0. The van der Waals surface area contributed by atoms with Crippen molar-refractivity contribution < 1.29 is 8.78 Å². The van der Waals surface area contributed by atoms with E-state index in [1.807, 2.05) is 24.8 Å². The van der Waals surface area contributed by atoms with Crippen LogP contribution < -0.4 is 10.5 Å². The molecule has 9 heteroatoms. The molecule has 166 valence electrons. The first kappa shape index (κ1) is 22.2. The van der Waals surface area contributed by atoms with Gasteiger partial charge in [-0.15, -0.1) is 0 Å². The number of hydrogen-bond donors (Lipinski definition) is 0. The summed E-state index contributed by atoms with van der Waals surface area (Å²) in [5.41, 5.74) is 2.12. The van der Waals surface area contributed by atoms with Crippen LogP contribution in [0.2, 0.25) is 5.02 Å². The number of nitriles is 1. The maximum Gasteiger partial charge on any atom is 0.252 e. The normalized spacial score (nSPS) is 19.3. The van der Waals surface area contributed by atoms with Gasteiger partial charge in [0, 0.05) is 50.4 Å². The Bertz CT molecular complexity index is 1300. The zero-order valence-corrected chi connectivity index (χ0v) is 18.7. The first-order chi connectivity index (χ1) is 15.2. The van der Waals surface area contributed by atoms with Gasteiger partial charge in [0.1, 0.15) is 28.9 Å². The van der Waals surface area contributed by atoms with E-state index >= 15 is 0 Å². The summed E-state index contributed by atoms with van der Waals surface area (Å²) in [5.74, 6) is -1.18. The molecule has 32 heavy (non-hydrogen) atoms. The lowest BCUT2D eigenvalue weighted by molar-refractivity contribution is 0.156. The van der Waals surface area contributed by atoms with Crippen LogP contribution in [0.25, 0.3) is 11.0 Å². The summed E-state index contributed by atoms with van der Waals surface area (Å²) in [7, 11) is 1.67. The number of rotatable bonds is 3. The molecule has 1 saturated heterocycles. The molecular weight excluding hydrogens is 436 g/mol. The lowest BCUT2D eigenvalue weighted by Gasteiger charge is -2.45. The molecule has 1 aliphatic rings. The Balaban J connectivity index is 1.69. The van der Waals surface area contributed by atoms with Crippen LogP contribution in [0.5, 0.6) is 0 Å². The number of halogens is 3. The lowest BCUT2D eigenvalue weighted by Crippen LogP contribution is -2.56. The van der Waals surface area contributed by atoms with Crippen molar-refractivity contribution in [3.63, 3.8) is 0 Å². The predicted octanol–water partition coefficient (Wildman–Crippen LogP) is 3.84. The molecule has 4 rings (SSSR count). The van der Waals surface area contributed by atoms with Crippen molar-refractivity contribution in [2.45, 2.75) is 32.5 Å². The van der Waals surface area contributed by atoms with Gasteiger partial charge in [-0.2, -0.15) is 5.26 Å². The highest BCUT2D eigenvalue weighted by Crippen LogP contribution is 2.31. The number of nitrogens with zero attached hydrogens (tertiary/aromatic N) is 5. The topological polar surface area (TPSA) is 65.2 Å². The van der Waals surface area contributed by atoms with Crippen LogP contribution in [0, 0.1) is 23.0 Å². The molecule has 3 aromatic rings. The van der Waals surface area contributed by atoms with E-state index in [9.17, 15) is 18.8 Å². The van der Waals surface area contributed by atoms with Gasteiger partial charge < -0.3 is 9.47 Å². The minimum atomic E-state index is -0.645. The molecule has 0 saturated carbocycles. The Morgan fingerprint density at radius 2 is 1.88 bits per heavy atom. The van der Waals surface area contributed by atoms with Gasteiger partial charge in [0.25, 0.3) is 5.56 Å². The van der Waals surface area contributed by atoms with Crippen LogP contribution in [0.15, 0.2) is 35.1 Å². The third-order valence-electron chi connectivity index (χ3n) is 6.11. The average Bonchev–Trinajstić information content (AvgIpc) is 2.78. The van der Waals surface area contributed by atoms with E-state index in [1.54, 1.807) is 25.2 Å². The van der Waals surface area contributed by atoms with Crippen molar-refractivity contribution in [1.82, 2.24) is 14.5 Å². The van der Waals surface area contributed by atoms with Crippen molar-refractivity contribution in [1.29, 1.82) is 5.26 Å². The summed E-state index contributed by atoms with van der Waals surface area (Å²) >= 11 is 6.03. The fourth-order valence-corrected chi connectivity index (χ4v) is 4.48. The highest BCUT2D eigenvalue weighted by atomic mass is 35.5. The molecule has 6 nitrogen and oxygen atoms in total. The van der Waals surface area contributed by atoms with Gasteiger partial charge in [-0.3, -0.25) is 9.69 Å². The number of piperazine rings is 1. The SMILES string of the molecule is C[C@@H]1CN(c2cc(=O)n(C)c3ccc(C#N)nc23)[C@@H](C)CN1Cc1c(F)ccc(F)c1Cl. The summed E-state index contributed by atoms with van der Waals surface area (Å²) in [6.45, 7) is 5.25. The Hall–Kier alpha value is -3.02. The maximum absolute atomic E-state index is 14.3. The van der Waals surface area contributed by atoms with E-state index in [0.29, 0.717) is 29.8 Å². The molecule has 1 aliphatic heterocycles. The van der Waals surface area contributed by atoms with Crippen LogP contribution in [-0.4, -0.2) is 39.6 Å². The zero-order valence-electron chi connectivity index (χ0n) is 17.9. The molecule has 3 heterocycles. The van der Waals surface area contributed by atoms with Gasteiger partial charge in [0.05, 0.1) is 16.2 Å². The van der Waals surface area contributed by atoms with Gasteiger partial charge in [-0.25, -0.2) is 13.8 Å². The summed E-state index contributed by atoms with van der Waals surface area (Å²) in [5, 5.41) is 9.09. The number of aryl methyl sites for hydroxylation is 1. The van der Waals surface area contributed by atoms with E-state index in [2.05, 4.69) is 9.88 Å². The fourth-order valence-electron chi connectivity index (χ4n) is 4.26. The number of hydrogen-bond acceptors (Lipinski definition) is 5. The van der Waals surface area contributed by atoms with Gasteiger partial charge in [0.2, 0.25) is 0 Å². The minimum absolute atomic E-state index is 0.0387. The minimum Gasteiger partial charge on any atom is -0.364 e. The van der Waals surface area contributed by atoms with Crippen LogP contribution >= 0.6 is 11.6 Å². The van der Waals surface area contributed by atoms with Gasteiger partial charge in [-0.05, 0) is 38.1 Å². The average molecular weight is 458 g/mol. The molecule has 2 atom stereocenters. The van der Waals surface area contributed by atoms with E-state index in [4.69, 9.17) is 11.6 Å². The molecule has 0 unspecified atom stereocenters. The predicted molar refractivity (Wildman–Crippen MR) is 120 cm³/mol. The molecular formula is C23H22ClF2N5O. The van der Waals surface area contributed by atoms with E-state index in [1.165, 1.54) is 4.57 Å². The smallest absolute Gasteiger partial charge is 0.252 e. The van der Waals surface area contributed by atoms with Crippen molar-refractivity contribution in [3.8, 4) is 6.07 Å². The fraction of sp³-hybridized carbons (Fsp3) is 0.348. The molecule has 2 aromatic heterocycles. The number of anilines is 1. The van der Waals surface area contributed by atoms with Gasteiger partial charge >= 0.3 is 0 Å². The van der Waals surface area contributed by atoms with Gasteiger partial charge in [0.15, 0.2) is 0 Å². The van der Waals surface area contributed by atoms with E-state index in [0.717, 1.165) is 12.1 Å². The zero-order chi connectivity index (χ0) is 23.2. The van der Waals surface area contributed by atoms with Crippen molar-refractivity contribution in [2.75, 3.05) is 18.0 Å². The second kappa shape index (κ2) is 8.49. The number of benzene rings is 1. The first-order valence-corrected chi connectivity index (χ1v) is 10.6. The largest absolute Gasteiger partial charge is 0.364 e. The Morgan fingerprint density at radius 1 is 1.16 bits per heavy atom. The maximum atomic E-state index is 14.3. The molecule has 1 aromatic carbocycles. The molecule has 0 aliphatic carbocycles. The van der Waals surface area contributed by atoms with Crippen LogP contribution in [0.4, 0.5) is 14.5 Å². The van der Waals surface area contributed by atoms with Crippen LogP contribution in [-0.2, 0) is 13.6 Å². The standard InChI is InChI=1S/C23H22ClF2N5O/c1-13-11-31(14(2)10-30(13)12-16-17(25)5-6-18(26)22(16)24)20-8-21(32)29(3)19-7-4-15(9-27)28-23(19)20/h4-8,13-14H,10-12H2,1-3H3/t13-,14+/m1/s1. The van der Waals surface area contributed by atoms with Crippen molar-refractivity contribution >= 4 is 28.3 Å². The molecule has 0 bridgehead atoms. The second-order valence-electron chi connectivity index (χ2n) is 8.20. The van der Waals surface area contributed by atoms with Gasteiger partial charge in [-0.1, -0.05) is 11.6 Å². The lowest BCUT2D eigenvalue weighted by atomic mass is 10.0. The summed E-state index contributed by atoms with van der Waals surface area (Å²) in [4.78, 5) is 21.2. The second-order valence-corrected chi connectivity index (χ2v) is 8.58. The number of pyridine rings is 2. The Kier molecular flexibility index (Phi) is 5.89. The van der Waals surface area contributed by atoms with Crippen LogP contribution in [0.3, 0.4) is 0 Å². The molecule has 0 radical (unpaired) electrons. The highest BCUT2D eigenvalue weighted by molar-refractivity contribution is 6.31. The summed E-state index contributed by atoms with van der Waals surface area (Å²) in [6, 6.07) is 8.93. The van der Waals surface area contributed by atoms with E-state index < -0.39 is 11.6 Å². The summed E-state index contributed by atoms with van der Waals surface area (Å²) < 4.78 is 29.7. The third kappa shape index (κ3) is 3.83. The Morgan fingerprint density at radius 3 is 2.59 bits per heavy atom. The first-order valence-electron chi connectivity index (χ1n) is 10.2. The molecule has 0 spiro atoms. The monoisotopic (exact) mass is 457 g/mol. The number of aromatic nitrogens is 2. The quantitative estimate of drug-likeness (QED) is 0.559. The molecule has 1 fully saturated rings. The molecule has 0 amide bonds. The number of fused-ring (bicyclic) bond motifs is 1. The third-order valence-corrected chi connectivity index (χ3v) is 6.52. The van der Waals surface area contributed by atoms with Crippen LogP contribution in [0.1, 0.15) is 25.1 Å². The van der Waals surface area contributed by atoms with E-state index in [-0.39, 0.29) is 40.5 Å². The highest BCUT2D eigenvalue weighted by Gasteiger charge is 2.32. The van der Waals surface area contributed by atoms with Crippen molar-refractivity contribution in [3.05, 3.63) is 68.6 Å². The Labute approximate surface area is 189 Å².